The van der Waals surface area contributed by atoms with Gasteiger partial charge in [0, 0.05) is 31.6 Å². The SMILES string of the molecule is CCc1nncn1CCNC(=NCCOC)NC(C)c1ccccc1Cl. The van der Waals surface area contributed by atoms with E-state index in [1.165, 1.54) is 0 Å². The van der Waals surface area contributed by atoms with Crippen molar-refractivity contribution in [1.82, 2.24) is 25.4 Å². The first kappa shape index (κ1) is 20.2. The maximum atomic E-state index is 6.30. The van der Waals surface area contributed by atoms with Crippen molar-refractivity contribution in [2.45, 2.75) is 32.9 Å². The molecule has 142 valence electrons. The number of nitrogens with one attached hydrogen (secondary N) is 2. The zero-order valence-electron chi connectivity index (χ0n) is 15.6. The van der Waals surface area contributed by atoms with Crippen LogP contribution in [0.2, 0.25) is 5.02 Å². The van der Waals surface area contributed by atoms with Gasteiger partial charge in [0.05, 0.1) is 19.2 Å². The monoisotopic (exact) mass is 378 g/mol. The van der Waals surface area contributed by atoms with Crippen LogP contribution in [0.15, 0.2) is 35.6 Å². The van der Waals surface area contributed by atoms with E-state index in [0.29, 0.717) is 19.7 Å². The van der Waals surface area contributed by atoms with E-state index in [0.717, 1.165) is 35.3 Å². The second-order valence-electron chi connectivity index (χ2n) is 5.83. The Morgan fingerprint density at radius 3 is 2.92 bits per heavy atom. The summed E-state index contributed by atoms with van der Waals surface area (Å²) in [5.74, 6) is 1.70. The molecule has 0 bridgehead atoms. The van der Waals surface area contributed by atoms with Crippen LogP contribution < -0.4 is 10.6 Å². The van der Waals surface area contributed by atoms with Gasteiger partial charge in [-0.2, -0.15) is 0 Å². The highest BCUT2D eigenvalue weighted by Gasteiger charge is 2.11. The van der Waals surface area contributed by atoms with Gasteiger partial charge in [-0.05, 0) is 18.6 Å². The number of methoxy groups -OCH3 is 1. The van der Waals surface area contributed by atoms with Gasteiger partial charge in [-0.25, -0.2) is 0 Å². The Morgan fingerprint density at radius 2 is 2.19 bits per heavy atom. The van der Waals surface area contributed by atoms with Crippen molar-refractivity contribution < 1.29 is 4.74 Å². The molecule has 0 saturated carbocycles. The van der Waals surface area contributed by atoms with Gasteiger partial charge < -0.3 is 19.9 Å². The summed E-state index contributed by atoms with van der Waals surface area (Å²) >= 11 is 6.30. The molecule has 7 nitrogen and oxygen atoms in total. The number of aromatic nitrogens is 3. The Kier molecular flexibility index (Phi) is 8.37. The second kappa shape index (κ2) is 10.8. The van der Waals surface area contributed by atoms with Crippen LogP contribution in [0.5, 0.6) is 0 Å². The third-order valence-corrected chi connectivity index (χ3v) is 4.29. The smallest absolute Gasteiger partial charge is 0.191 e. The number of guanidine groups is 1. The predicted molar refractivity (Wildman–Crippen MR) is 105 cm³/mol. The molecule has 0 aliphatic carbocycles. The van der Waals surface area contributed by atoms with Crippen LogP contribution in [0.3, 0.4) is 0 Å². The largest absolute Gasteiger partial charge is 0.383 e. The minimum atomic E-state index is 0.0265. The zero-order valence-corrected chi connectivity index (χ0v) is 16.3. The number of aliphatic imine (C=N–C) groups is 1. The van der Waals surface area contributed by atoms with Gasteiger partial charge in [0.2, 0.25) is 0 Å². The van der Waals surface area contributed by atoms with Crippen molar-refractivity contribution in [2.75, 3.05) is 26.8 Å². The first-order valence-electron chi connectivity index (χ1n) is 8.80. The molecule has 1 aromatic heterocycles. The van der Waals surface area contributed by atoms with Gasteiger partial charge in [0.1, 0.15) is 12.2 Å². The third-order valence-electron chi connectivity index (χ3n) is 3.95. The summed E-state index contributed by atoms with van der Waals surface area (Å²) in [4.78, 5) is 4.56. The summed E-state index contributed by atoms with van der Waals surface area (Å²) in [5.41, 5.74) is 1.03. The number of benzene rings is 1. The van der Waals surface area contributed by atoms with Crippen molar-refractivity contribution in [1.29, 1.82) is 0 Å². The van der Waals surface area contributed by atoms with Crippen molar-refractivity contribution in [3.63, 3.8) is 0 Å². The molecule has 0 saturated heterocycles. The number of halogens is 1. The van der Waals surface area contributed by atoms with Gasteiger partial charge in [-0.3, -0.25) is 4.99 Å². The lowest BCUT2D eigenvalue weighted by atomic mass is 10.1. The highest BCUT2D eigenvalue weighted by Crippen LogP contribution is 2.21. The number of nitrogens with zero attached hydrogens (tertiary/aromatic N) is 4. The van der Waals surface area contributed by atoms with Crippen LogP contribution in [0.1, 0.15) is 31.3 Å². The molecule has 1 atom stereocenters. The molecule has 0 aliphatic rings. The number of hydrogen-bond donors (Lipinski definition) is 2. The van der Waals surface area contributed by atoms with Crippen LogP contribution in [0, 0.1) is 0 Å². The molecular formula is C18H27ClN6O. The van der Waals surface area contributed by atoms with E-state index in [1.54, 1.807) is 13.4 Å². The standard InChI is InChI=1S/C18H27ClN6O/c1-4-17-24-22-13-25(17)11-9-20-18(21-10-12-26-3)23-14(2)15-7-5-6-8-16(15)19/h5-8,13-14H,4,9-12H2,1-3H3,(H2,20,21,23). The van der Waals surface area contributed by atoms with Crippen molar-refractivity contribution in [3.05, 3.63) is 47.0 Å². The van der Waals surface area contributed by atoms with Gasteiger partial charge in [0.15, 0.2) is 5.96 Å². The Labute approximate surface area is 159 Å². The molecule has 1 aromatic carbocycles. The zero-order chi connectivity index (χ0) is 18.8. The van der Waals surface area contributed by atoms with E-state index in [1.807, 2.05) is 28.8 Å². The molecule has 1 unspecified atom stereocenters. The Hall–Kier alpha value is -2.12. The highest BCUT2D eigenvalue weighted by atomic mass is 35.5. The summed E-state index contributed by atoms with van der Waals surface area (Å²) < 4.78 is 7.13. The average molecular weight is 379 g/mol. The van der Waals surface area contributed by atoms with Gasteiger partial charge in [0.25, 0.3) is 0 Å². The molecule has 0 amide bonds. The molecule has 8 heteroatoms. The van der Waals surface area contributed by atoms with Gasteiger partial charge >= 0.3 is 0 Å². The van der Waals surface area contributed by atoms with E-state index in [9.17, 15) is 0 Å². The van der Waals surface area contributed by atoms with E-state index >= 15 is 0 Å². The molecular weight excluding hydrogens is 352 g/mol. The number of hydrogen-bond acceptors (Lipinski definition) is 4. The second-order valence-corrected chi connectivity index (χ2v) is 6.24. The Bertz CT molecular complexity index is 702. The number of ether oxygens (including phenoxy) is 1. The van der Waals surface area contributed by atoms with E-state index < -0.39 is 0 Å². The molecule has 1 heterocycles. The quantitative estimate of drug-likeness (QED) is 0.398. The van der Waals surface area contributed by atoms with Crippen LogP contribution in [0.25, 0.3) is 0 Å². The van der Waals surface area contributed by atoms with E-state index in [-0.39, 0.29) is 6.04 Å². The van der Waals surface area contributed by atoms with Crippen molar-refractivity contribution >= 4 is 17.6 Å². The van der Waals surface area contributed by atoms with Crippen molar-refractivity contribution in [2.24, 2.45) is 4.99 Å². The van der Waals surface area contributed by atoms with Crippen LogP contribution in [0.4, 0.5) is 0 Å². The lowest BCUT2D eigenvalue weighted by molar-refractivity contribution is 0.208. The molecule has 2 N–H and O–H groups in total. The third kappa shape index (κ3) is 6.00. The predicted octanol–water partition coefficient (Wildman–Crippen LogP) is 2.44. The number of aryl methyl sites for hydroxylation is 1. The summed E-state index contributed by atoms with van der Waals surface area (Å²) in [6, 6.07) is 7.83. The maximum absolute atomic E-state index is 6.30. The van der Waals surface area contributed by atoms with Crippen molar-refractivity contribution in [3.8, 4) is 0 Å². The Morgan fingerprint density at radius 1 is 1.38 bits per heavy atom. The van der Waals surface area contributed by atoms with E-state index in [2.05, 4.69) is 39.7 Å². The van der Waals surface area contributed by atoms with Gasteiger partial charge in [-0.15, -0.1) is 10.2 Å². The minimum Gasteiger partial charge on any atom is -0.383 e. The molecule has 2 rings (SSSR count). The first-order chi connectivity index (χ1) is 12.7. The van der Waals surface area contributed by atoms with Gasteiger partial charge in [-0.1, -0.05) is 36.7 Å². The molecule has 26 heavy (non-hydrogen) atoms. The lowest BCUT2D eigenvalue weighted by Crippen LogP contribution is -2.40. The molecule has 0 fully saturated rings. The van der Waals surface area contributed by atoms with Crippen LogP contribution in [-0.4, -0.2) is 47.5 Å². The highest BCUT2D eigenvalue weighted by molar-refractivity contribution is 6.31. The number of rotatable bonds is 9. The van der Waals surface area contributed by atoms with E-state index in [4.69, 9.17) is 16.3 Å². The summed E-state index contributed by atoms with van der Waals surface area (Å²) in [7, 11) is 1.67. The fourth-order valence-corrected chi connectivity index (χ4v) is 2.84. The molecule has 0 spiro atoms. The summed E-state index contributed by atoms with van der Waals surface area (Å²) in [6.45, 7) is 6.75. The molecule has 0 aliphatic heterocycles. The fourth-order valence-electron chi connectivity index (χ4n) is 2.54. The molecule has 0 radical (unpaired) electrons. The fraction of sp³-hybridized carbons (Fsp3) is 0.500. The minimum absolute atomic E-state index is 0.0265. The maximum Gasteiger partial charge on any atom is 0.191 e. The average Bonchev–Trinajstić information content (AvgIpc) is 3.09. The summed E-state index contributed by atoms with van der Waals surface area (Å²) in [5, 5.41) is 15.5. The normalized spacial score (nSPS) is 12.8. The summed E-state index contributed by atoms with van der Waals surface area (Å²) in [6.07, 6.45) is 2.61. The first-order valence-corrected chi connectivity index (χ1v) is 9.18. The van der Waals surface area contributed by atoms with Crippen LogP contribution >= 0.6 is 11.6 Å². The topological polar surface area (TPSA) is 76.4 Å². The molecule has 2 aromatic rings. The Balaban J connectivity index is 1.97. The lowest BCUT2D eigenvalue weighted by Gasteiger charge is -2.20. The van der Waals surface area contributed by atoms with Crippen LogP contribution in [-0.2, 0) is 17.7 Å².